The summed E-state index contributed by atoms with van der Waals surface area (Å²) in [7, 11) is 0. The fraction of sp³-hybridized carbons (Fsp3) is 0.571. The van der Waals surface area contributed by atoms with Gasteiger partial charge in [-0.3, -0.25) is 24.2 Å². The van der Waals surface area contributed by atoms with Crippen LogP contribution in [0.4, 0.5) is 5.69 Å². The molecule has 0 saturated carbocycles. The molecule has 2 saturated heterocycles. The predicted octanol–water partition coefficient (Wildman–Crippen LogP) is -0.739. The van der Waals surface area contributed by atoms with Gasteiger partial charge in [0.15, 0.2) is 0 Å². The van der Waals surface area contributed by atoms with E-state index in [9.17, 15) is 14.4 Å². The maximum Gasteiger partial charge on any atom is 0.243 e. The van der Waals surface area contributed by atoms with Crippen molar-refractivity contribution in [2.24, 2.45) is 0 Å². The van der Waals surface area contributed by atoms with E-state index in [4.69, 9.17) is 5.11 Å². The highest BCUT2D eigenvalue weighted by atomic mass is 16.3. The molecule has 2 aliphatic rings. The minimum absolute atomic E-state index is 0.0736. The second kappa shape index (κ2) is 10.5. The van der Waals surface area contributed by atoms with Crippen molar-refractivity contribution in [1.82, 2.24) is 20.0 Å². The third kappa shape index (κ3) is 6.01. The smallest absolute Gasteiger partial charge is 0.243 e. The number of carbonyl (C=O) groups excluding carboxylic acids is 3. The van der Waals surface area contributed by atoms with Crippen molar-refractivity contribution in [1.29, 1.82) is 0 Å². The molecule has 1 aromatic carbocycles. The van der Waals surface area contributed by atoms with Crippen LogP contribution >= 0.6 is 0 Å². The minimum atomic E-state index is -0.799. The molecule has 0 bridgehead atoms. The number of nitrogens with zero attached hydrogens (tertiary/aromatic N) is 3. The molecule has 164 valence electrons. The van der Waals surface area contributed by atoms with E-state index in [0.29, 0.717) is 25.3 Å². The Morgan fingerprint density at radius 3 is 2.60 bits per heavy atom. The van der Waals surface area contributed by atoms with E-state index in [1.54, 1.807) is 6.07 Å². The van der Waals surface area contributed by atoms with Crippen LogP contribution in [-0.2, 0) is 14.4 Å². The van der Waals surface area contributed by atoms with Gasteiger partial charge in [0.25, 0.3) is 0 Å². The van der Waals surface area contributed by atoms with Crippen molar-refractivity contribution in [3.05, 3.63) is 29.8 Å². The summed E-state index contributed by atoms with van der Waals surface area (Å²) in [6, 6.07) is 6.65. The molecule has 3 N–H and O–H groups in total. The highest BCUT2D eigenvalue weighted by molar-refractivity contribution is 5.97. The fourth-order valence-electron chi connectivity index (χ4n) is 3.92. The van der Waals surface area contributed by atoms with Crippen LogP contribution < -0.4 is 10.6 Å². The zero-order chi connectivity index (χ0) is 21.5. The van der Waals surface area contributed by atoms with E-state index in [-0.39, 0.29) is 37.3 Å². The van der Waals surface area contributed by atoms with Crippen LogP contribution in [-0.4, -0.2) is 103 Å². The number of rotatable bonds is 7. The van der Waals surface area contributed by atoms with Gasteiger partial charge in [0.1, 0.15) is 6.04 Å². The Labute approximate surface area is 177 Å². The summed E-state index contributed by atoms with van der Waals surface area (Å²) in [6.07, 6.45) is -0.0736. The molecule has 0 aromatic heterocycles. The average molecular weight is 418 g/mol. The van der Waals surface area contributed by atoms with Gasteiger partial charge in [-0.25, -0.2) is 0 Å². The molecule has 2 heterocycles. The molecule has 9 nitrogen and oxygen atoms in total. The van der Waals surface area contributed by atoms with Crippen LogP contribution in [0.5, 0.6) is 0 Å². The summed E-state index contributed by atoms with van der Waals surface area (Å²) in [5.41, 5.74) is 1.70. The molecule has 2 fully saturated rings. The van der Waals surface area contributed by atoms with Gasteiger partial charge in [-0.05, 0) is 24.6 Å². The Bertz CT molecular complexity index is 764. The molecule has 1 aromatic rings. The van der Waals surface area contributed by atoms with Gasteiger partial charge in [-0.1, -0.05) is 12.1 Å². The lowest BCUT2D eigenvalue weighted by molar-refractivity contribution is -0.145. The van der Waals surface area contributed by atoms with Crippen LogP contribution in [0.15, 0.2) is 24.3 Å². The molecular formula is C21H31N5O4. The molecule has 1 unspecified atom stereocenters. The lowest BCUT2D eigenvalue weighted by Crippen LogP contribution is -2.60. The first-order valence-electron chi connectivity index (χ1n) is 10.5. The van der Waals surface area contributed by atoms with Crippen LogP contribution in [0, 0.1) is 6.92 Å². The number of piperazine rings is 2. The van der Waals surface area contributed by atoms with E-state index in [2.05, 4.69) is 20.4 Å². The lowest BCUT2D eigenvalue weighted by atomic mass is 10.1. The second-order valence-electron chi connectivity index (χ2n) is 7.86. The first kappa shape index (κ1) is 22.2. The molecule has 0 spiro atoms. The number of β-amino-alcohol motifs (C(OH)–C–C–N with tert-alkyl or cyclic N) is 1. The van der Waals surface area contributed by atoms with E-state index >= 15 is 0 Å². The maximum absolute atomic E-state index is 12.9. The van der Waals surface area contributed by atoms with Crippen LogP contribution in [0.3, 0.4) is 0 Å². The highest BCUT2D eigenvalue weighted by Gasteiger charge is 2.35. The van der Waals surface area contributed by atoms with Crippen molar-refractivity contribution in [2.45, 2.75) is 19.4 Å². The van der Waals surface area contributed by atoms with E-state index < -0.39 is 6.04 Å². The third-order valence-corrected chi connectivity index (χ3v) is 5.57. The quantitative estimate of drug-likeness (QED) is 0.540. The zero-order valence-corrected chi connectivity index (χ0v) is 17.5. The van der Waals surface area contributed by atoms with Crippen LogP contribution in [0.1, 0.15) is 12.0 Å². The van der Waals surface area contributed by atoms with Gasteiger partial charge in [0.2, 0.25) is 17.7 Å². The van der Waals surface area contributed by atoms with Crippen molar-refractivity contribution >= 4 is 23.4 Å². The normalized spacial score (nSPS) is 20.7. The summed E-state index contributed by atoms with van der Waals surface area (Å²) in [5.74, 6) is -0.714. The second-order valence-corrected chi connectivity index (χ2v) is 7.86. The van der Waals surface area contributed by atoms with Gasteiger partial charge in [-0.15, -0.1) is 0 Å². The van der Waals surface area contributed by atoms with Gasteiger partial charge in [-0.2, -0.15) is 0 Å². The number of carbonyl (C=O) groups is 3. The Balaban J connectivity index is 1.56. The number of hydrogen-bond acceptors (Lipinski definition) is 6. The molecule has 2 aliphatic heterocycles. The molecule has 3 rings (SSSR count). The van der Waals surface area contributed by atoms with Gasteiger partial charge in [0.05, 0.1) is 19.6 Å². The van der Waals surface area contributed by atoms with Crippen molar-refractivity contribution in [3.63, 3.8) is 0 Å². The molecular weight excluding hydrogens is 386 g/mol. The minimum Gasteiger partial charge on any atom is -0.395 e. The molecule has 3 amide bonds. The Morgan fingerprint density at radius 2 is 1.90 bits per heavy atom. The topological polar surface area (TPSA) is 105 Å². The lowest BCUT2D eigenvalue weighted by Gasteiger charge is -2.38. The van der Waals surface area contributed by atoms with Crippen LogP contribution in [0.25, 0.3) is 0 Å². The predicted molar refractivity (Wildman–Crippen MR) is 113 cm³/mol. The molecule has 0 radical (unpaired) electrons. The Kier molecular flexibility index (Phi) is 7.78. The summed E-state index contributed by atoms with van der Waals surface area (Å²) < 4.78 is 0. The van der Waals surface area contributed by atoms with Gasteiger partial charge >= 0.3 is 0 Å². The summed E-state index contributed by atoms with van der Waals surface area (Å²) in [6.45, 7) is 6.83. The standard InChI is InChI=1S/C21H31N5O4/c1-16-3-2-4-17(13-16)23-19(28)14-18-21(30)22-5-6-26(18)20(29)15-25-9-7-24(8-10-25)11-12-27/h2-4,13,18,27H,5-12,14-15H2,1H3,(H,22,30)(H,23,28). The fourth-order valence-corrected chi connectivity index (χ4v) is 3.92. The van der Waals surface area contributed by atoms with Crippen LogP contribution in [0.2, 0.25) is 0 Å². The SMILES string of the molecule is Cc1cccc(NC(=O)CC2C(=O)NCCN2C(=O)CN2CCN(CCO)CC2)c1. The summed E-state index contributed by atoms with van der Waals surface area (Å²) >= 11 is 0. The molecule has 1 atom stereocenters. The number of hydrogen-bond donors (Lipinski definition) is 3. The largest absolute Gasteiger partial charge is 0.395 e. The highest BCUT2D eigenvalue weighted by Crippen LogP contribution is 2.14. The first-order chi connectivity index (χ1) is 14.5. The van der Waals surface area contributed by atoms with Crippen molar-refractivity contribution in [3.8, 4) is 0 Å². The molecule has 30 heavy (non-hydrogen) atoms. The van der Waals surface area contributed by atoms with E-state index in [1.807, 2.05) is 25.1 Å². The molecule has 0 aliphatic carbocycles. The Morgan fingerprint density at radius 1 is 1.17 bits per heavy atom. The number of nitrogens with one attached hydrogen (secondary N) is 2. The number of aliphatic hydroxyl groups excluding tert-OH is 1. The Hall–Kier alpha value is -2.49. The average Bonchev–Trinajstić information content (AvgIpc) is 2.71. The summed E-state index contributed by atoms with van der Waals surface area (Å²) in [5, 5.41) is 14.6. The van der Waals surface area contributed by atoms with Gasteiger partial charge < -0.3 is 20.6 Å². The third-order valence-electron chi connectivity index (χ3n) is 5.57. The number of amides is 3. The number of anilines is 1. The first-order valence-corrected chi connectivity index (χ1v) is 10.5. The summed E-state index contributed by atoms with van der Waals surface area (Å²) in [4.78, 5) is 43.6. The number of aliphatic hydroxyl groups is 1. The zero-order valence-electron chi connectivity index (χ0n) is 17.5. The van der Waals surface area contributed by atoms with E-state index in [1.165, 1.54) is 4.90 Å². The number of benzene rings is 1. The molecule has 9 heteroatoms. The maximum atomic E-state index is 12.9. The van der Waals surface area contributed by atoms with Crippen molar-refractivity contribution in [2.75, 3.05) is 64.3 Å². The monoisotopic (exact) mass is 417 g/mol. The van der Waals surface area contributed by atoms with Crippen molar-refractivity contribution < 1.29 is 19.5 Å². The van der Waals surface area contributed by atoms with E-state index in [0.717, 1.165) is 31.7 Å². The number of aryl methyl sites for hydroxylation is 1. The van der Waals surface area contributed by atoms with Gasteiger partial charge in [0, 0.05) is 51.5 Å².